The lowest BCUT2D eigenvalue weighted by Crippen LogP contribution is -2.49. The molecule has 1 saturated heterocycles. The van der Waals surface area contributed by atoms with Gasteiger partial charge in [0.2, 0.25) is 0 Å². The first-order chi connectivity index (χ1) is 7.25. The van der Waals surface area contributed by atoms with Crippen molar-refractivity contribution in [3.63, 3.8) is 0 Å². The molecule has 80 valence electrons. The van der Waals surface area contributed by atoms with E-state index in [1.165, 1.54) is 6.07 Å². The van der Waals surface area contributed by atoms with E-state index in [0.29, 0.717) is 11.1 Å². The molecule has 0 saturated carbocycles. The fourth-order valence-electron chi connectivity index (χ4n) is 2.54. The molecule has 4 heteroatoms. The number of piperazine rings is 1. The number of halogens is 2. The van der Waals surface area contributed by atoms with E-state index in [9.17, 15) is 4.39 Å². The molecular weight excluding hydrogens is 215 g/mol. The van der Waals surface area contributed by atoms with E-state index in [1.807, 2.05) is 6.07 Å². The van der Waals surface area contributed by atoms with Crippen LogP contribution in [0.2, 0.25) is 5.02 Å². The van der Waals surface area contributed by atoms with Crippen LogP contribution in [0.3, 0.4) is 0 Å². The molecule has 0 amide bonds. The summed E-state index contributed by atoms with van der Waals surface area (Å²) in [4.78, 5) is 2.26. The smallest absolute Gasteiger partial charge is 0.130 e. The molecule has 2 heterocycles. The van der Waals surface area contributed by atoms with Gasteiger partial charge in [0, 0.05) is 41.9 Å². The summed E-state index contributed by atoms with van der Waals surface area (Å²) < 4.78 is 13.7. The lowest BCUT2D eigenvalue weighted by molar-refractivity contribution is 0.492. The summed E-state index contributed by atoms with van der Waals surface area (Å²) in [6, 6.07) is 3.69. The third-order valence-electron chi connectivity index (χ3n) is 3.24. The number of fused-ring (bicyclic) bond motifs is 3. The number of rotatable bonds is 0. The van der Waals surface area contributed by atoms with Gasteiger partial charge in [-0.3, -0.25) is 0 Å². The molecule has 1 unspecified atom stereocenters. The second-order valence-corrected chi connectivity index (χ2v) is 4.58. The van der Waals surface area contributed by atoms with E-state index in [4.69, 9.17) is 11.6 Å². The number of nitrogens with zero attached hydrogens (tertiary/aromatic N) is 1. The fraction of sp³-hybridized carbons (Fsp3) is 0.455. The summed E-state index contributed by atoms with van der Waals surface area (Å²) in [7, 11) is 0. The summed E-state index contributed by atoms with van der Waals surface area (Å²) in [5, 5.41) is 3.82. The van der Waals surface area contributed by atoms with Gasteiger partial charge in [0.05, 0.1) is 0 Å². The average molecular weight is 227 g/mol. The molecule has 1 N–H and O–H groups in total. The number of hydrogen-bond acceptors (Lipinski definition) is 2. The van der Waals surface area contributed by atoms with E-state index in [-0.39, 0.29) is 5.82 Å². The lowest BCUT2D eigenvalue weighted by atomic mass is 10.1. The maximum Gasteiger partial charge on any atom is 0.130 e. The zero-order chi connectivity index (χ0) is 10.4. The van der Waals surface area contributed by atoms with E-state index in [1.54, 1.807) is 0 Å². The molecule has 0 aliphatic carbocycles. The predicted molar refractivity (Wildman–Crippen MR) is 59.1 cm³/mol. The number of nitrogens with one attached hydrogen (secondary N) is 1. The molecule has 0 aromatic heterocycles. The molecule has 1 aromatic carbocycles. The Hall–Kier alpha value is -0.800. The summed E-state index contributed by atoms with van der Waals surface area (Å²) in [5.74, 6) is -0.160. The van der Waals surface area contributed by atoms with Crippen LogP contribution in [0.1, 0.15) is 5.56 Å². The third kappa shape index (κ3) is 1.42. The highest BCUT2D eigenvalue weighted by atomic mass is 35.5. The second kappa shape index (κ2) is 3.35. The minimum atomic E-state index is -0.160. The average Bonchev–Trinajstić information content (AvgIpc) is 2.57. The maximum absolute atomic E-state index is 13.7. The summed E-state index contributed by atoms with van der Waals surface area (Å²) in [6.07, 6.45) is 0.797. The second-order valence-electron chi connectivity index (χ2n) is 4.14. The van der Waals surface area contributed by atoms with Crippen LogP contribution in [-0.4, -0.2) is 25.7 Å². The van der Waals surface area contributed by atoms with Crippen molar-refractivity contribution in [3.05, 3.63) is 28.5 Å². The summed E-state index contributed by atoms with van der Waals surface area (Å²) in [5.41, 5.74) is 1.82. The fourth-order valence-corrected chi connectivity index (χ4v) is 2.74. The Kier molecular flexibility index (Phi) is 2.11. The Morgan fingerprint density at radius 3 is 3.20 bits per heavy atom. The lowest BCUT2D eigenvalue weighted by Gasteiger charge is -2.32. The van der Waals surface area contributed by atoms with Crippen LogP contribution in [0, 0.1) is 5.82 Å². The van der Waals surface area contributed by atoms with Crippen LogP contribution in [-0.2, 0) is 6.42 Å². The van der Waals surface area contributed by atoms with Crippen molar-refractivity contribution < 1.29 is 4.39 Å². The van der Waals surface area contributed by atoms with E-state index >= 15 is 0 Å². The van der Waals surface area contributed by atoms with Crippen molar-refractivity contribution in [2.24, 2.45) is 0 Å². The molecule has 0 bridgehead atoms. The Morgan fingerprint density at radius 2 is 2.33 bits per heavy atom. The highest BCUT2D eigenvalue weighted by Gasteiger charge is 2.33. The van der Waals surface area contributed by atoms with Gasteiger partial charge < -0.3 is 10.2 Å². The molecule has 0 spiro atoms. The van der Waals surface area contributed by atoms with Gasteiger partial charge in [-0.2, -0.15) is 0 Å². The van der Waals surface area contributed by atoms with Crippen molar-refractivity contribution in [3.8, 4) is 0 Å². The monoisotopic (exact) mass is 226 g/mol. The number of anilines is 1. The minimum absolute atomic E-state index is 0.160. The van der Waals surface area contributed by atoms with Gasteiger partial charge >= 0.3 is 0 Å². The van der Waals surface area contributed by atoms with Crippen LogP contribution >= 0.6 is 11.6 Å². The van der Waals surface area contributed by atoms with Crippen molar-refractivity contribution >= 4 is 17.3 Å². The van der Waals surface area contributed by atoms with Gasteiger partial charge in [-0.25, -0.2) is 4.39 Å². The van der Waals surface area contributed by atoms with E-state index < -0.39 is 0 Å². The molecule has 2 nitrogen and oxygen atoms in total. The first-order valence-corrected chi connectivity index (χ1v) is 5.59. The molecule has 1 fully saturated rings. The van der Waals surface area contributed by atoms with Crippen LogP contribution in [0.4, 0.5) is 10.1 Å². The molecule has 1 aromatic rings. The zero-order valence-corrected chi connectivity index (χ0v) is 9.02. The van der Waals surface area contributed by atoms with Gasteiger partial charge in [-0.1, -0.05) is 11.6 Å². The Balaban J connectivity index is 2.08. The molecule has 15 heavy (non-hydrogen) atoms. The van der Waals surface area contributed by atoms with Crippen LogP contribution in [0.25, 0.3) is 0 Å². The summed E-state index contributed by atoms with van der Waals surface area (Å²) >= 11 is 5.88. The van der Waals surface area contributed by atoms with Crippen molar-refractivity contribution in [1.29, 1.82) is 0 Å². The molecule has 2 aliphatic heterocycles. The Labute approximate surface area is 93.0 Å². The highest BCUT2D eigenvalue weighted by Crippen LogP contribution is 2.36. The van der Waals surface area contributed by atoms with Gasteiger partial charge in [0.25, 0.3) is 0 Å². The van der Waals surface area contributed by atoms with Crippen molar-refractivity contribution in [2.75, 3.05) is 24.5 Å². The van der Waals surface area contributed by atoms with Crippen LogP contribution in [0.15, 0.2) is 12.1 Å². The van der Waals surface area contributed by atoms with E-state index in [0.717, 1.165) is 37.3 Å². The molecule has 1 atom stereocenters. The Bertz CT molecular complexity index is 408. The van der Waals surface area contributed by atoms with Crippen LogP contribution < -0.4 is 10.2 Å². The molecule has 0 radical (unpaired) electrons. The van der Waals surface area contributed by atoms with Gasteiger partial charge in [-0.15, -0.1) is 0 Å². The maximum atomic E-state index is 13.7. The number of benzene rings is 1. The Morgan fingerprint density at radius 1 is 1.47 bits per heavy atom. The van der Waals surface area contributed by atoms with Gasteiger partial charge in [0.1, 0.15) is 5.82 Å². The van der Waals surface area contributed by atoms with Gasteiger partial charge in [0.15, 0.2) is 0 Å². The minimum Gasteiger partial charge on any atom is -0.365 e. The van der Waals surface area contributed by atoms with Crippen LogP contribution in [0.5, 0.6) is 0 Å². The topological polar surface area (TPSA) is 15.3 Å². The molecule has 2 aliphatic rings. The quantitative estimate of drug-likeness (QED) is 0.726. The zero-order valence-electron chi connectivity index (χ0n) is 8.26. The standard InChI is InChI=1S/C11H12ClFN2/c12-7-3-10(13)9-5-8-6-14-1-2-15(8)11(9)4-7/h3-4,8,14H,1-2,5-6H2. The van der Waals surface area contributed by atoms with E-state index in [2.05, 4.69) is 10.2 Å². The van der Waals surface area contributed by atoms with Crippen molar-refractivity contribution in [1.82, 2.24) is 5.32 Å². The normalized spacial score (nSPS) is 23.9. The van der Waals surface area contributed by atoms with Gasteiger partial charge in [-0.05, 0) is 18.6 Å². The highest BCUT2D eigenvalue weighted by molar-refractivity contribution is 6.30. The molecular formula is C11H12ClFN2. The largest absolute Gasteiger partial charge is 0.365 e. The summed E-state index contributed by atoms with van der Waals surface area (Å²) in [6.45, 7) is 2.84. The third-order valence-corrected chi connectivity index (χ3v) is 3.45. The first kappa shape index (κ1) is 9.43. The molecule has 3 rings (SSSR count). The first-order valence-electron chi connectivity index (χ1n) is 5.21. The van der Waals surface area contributed by atoms with Crippen molar-refractivity contribution in [2.45, 2.75) is 12.5 Å². The predicted octanol–water partition coefficient (Wildman–Crippen LogP) is 1.81. The SMILES string of the molecule is Fc1cc(Cl)cc2c1CC1CNCCN21. The number of hydrogen-bond donors (Lipinski definition) is 1.